The topological polar surface area (TPSA) is 37.3 Å². The van der Waals surface area contributed by atoms with Gasteiger partial charge < -0.3 is 5.11 Å². The molecule has 0 bridgehead atoms. The number of carboxylic acids is 1. The molecule has 1 aromatic carbocycles. The van der Waals surface area contributed by atoms with Crippen LogP contribution in [-0.4, -0.2) is 16.8 Å². The summed E-state index contributed by atoms with van der Waals surface area (Å²) in [5, 5.41) is 8.90. The molecule has 0 amide bonds. The van der Waals surface area contributed by atoms with Gasteiger partial charge in [0.25, 0.3) is 0 Å². The van der Waals surface area contributed by atoms with Crippen LogP contribution in [0.15, 0.2) is 0 Å². The molecule has 0 saturated heterocycles. The van der Waals surface area contributed by atoms with E-state index in [1.165, 1.54) is 0 Å². The summed E-state index contributed by atoms with van der Waals surface area (Å²) in [5.41, 5.74) is -1.10. The first-order valence-corrected chi connectivity index (χ1v) is 6.28. The molecule has 1 aromatic rings. The second-order valence-electron chi connectivity index (χ2n) is 4.15. The zero-order valence-electron chi connectivity index (χ0n) is 10.1. The van der Waals surface area contributed by atoms with Crippen molar-refractivity contribution in [3.05, 3.63) is 34.6 Å². The number of benzene rings is 1. The molecule has 0 spiro atoms. The maximum Gasteiger partial charge on any atom is 0.306 e. The van der Waals surface area contributed by atoms with E-state index in [4.69, 9.17) is 5.11 Å². The van der Waals surface area contributed by atoms with Gasteiger partial charge >= 0.3 is 5.97 Å². The fourth-order valence-electron chi connectivity index (χ4n) is 1.73. The van der Waals surface area contributed by atoms with Gasteiger partial charge in [0.05, 0.1) is 5.92 Å². The molecule has 2 nitrogen and oxygen atoms in total. The Morgan fingerprint density at radius 3 is 1.85 bits per heavy atom. The van der Waals surface area contributed by atoms with Crippen molar-refractivity contribution in [3.8, 4) is 0 Å². The maximum atomic E-state index is 13.4. The molecule has 20 heavy (non-hydrogen) atoms. The third kappa shape index (κ3) is 3.41. The Kier molecular flexibility index (Phi) is 5.79. The van der Waals surface area contributed by atoms with Crippen LogP contribution in [0.4, 0.5) is 22.0 Å². The minimum atomic E-state index is -2.26. The molecule has 0 fully saturated rings. The SMILES string of the molecule is O=C(O)C(CCCS)Cc1c(F)c(F)c(F)c(F)c1F. The molecule has 1 rings (SSSR count). The summed E-state index contributed by atoms with van der Waals surface area (Å²) >= 11 is 3.87. The van der Waals surface area contributed by atoms with Crippen LogP contribution in [0.1, 0.15) is 18.4 Å². The smallest absolute Gasteiger partial charge is 0.306 e. The number of aliphatic carboxylic acids is 1. The standard InChI is InChI=1S/C12H11F5O2S/c13-7-6(4-5(12(18)19)2-1-3-20)8(14)10(16)11(17)9(7)15/h5,20H,1-4H2,(H,18,19). The van der Waals surface area contributed by atoms with Crippen molar-refractivity contribution in [3.63, 3.8) is 0 Å². The lowest BCUT2D eigenvalue weighted by Crippen LogP contribution is -2.19. The van der Waals surface area contributed by atoms with Crippen molar-refractivity contribution in [2.45, 2.75) is 19.3 Å². The molecule has 0 radical (unpaired) electrons. The summed E-state index contributed by atoms with van der Waals surface area (Å²) in [4.78, 5) is 10.9. The summed E-state index contributed by atoms with van der Waals surface area (Å²) in [5.74, 6) is -12.6. The highest BCUT2D eigenvalue weighted by atomic mass is 32.1. The van der Waals surface area contributed by atoms with Crippen LogP contribution in [0, 0.1) is 35.0 Å². The minimum absolute atomic E-state index is 0.0261. The number of halogens is 5. The second kappa shape index (κ2) is 6.92. The Morgan fingerprint density at radius 1 is 1.00 bits per heavy atom. The van der Waals surface area contributed by atoms with E-state index in [-0.39, 0.29) is 6.42 Å². The average Bonchev–Trinajstić information content (AvgIpc) is 2.42. The lowest BCUT2D eigenvalue weighted by Gasteiger charge is -2.14. The van der Waals surface area contributed by atoms with E-state index in [0.29, 0.717) is 12.2 Å². The van der Waals surface area contributed by atoms with E-state index in [1.807, 2.05) is 0 Å². The normalized spacial score (nSPS) is 12.5. The largest absolute Gasteiger partial charge is 0.481 e. The number of carboxylic acid groups (broad SMARTS) is 1. The van der Waals surface area contributed by atoms with Crippen molar-refractivity contribution in [2.24, 2.45) is 5.92 Å². The van der Waals surface area contributed by atoms with Crippen LogP contribution in [0.5, 0.6) is 0 Å². The second-order valence-corrected chi connectivity index (χ2v) is 4.60. The highest BCUT2D eigenvalue weighted by Crippen LogP contribution is 2.26. The van der Waals surface area contributed by atoms with E-state index in [1.54, 1.807) is 0 Å². The van der Waals surface area contributed by atoms with Crippen molar-refractivity contribution in [2.75, 3.05) is 5.75 Å². The van der Waals surface area contributed by atoms with Gasteiger partial charge in [-0.05, 0) is 25.0 Å². The molecular formula is C12H11F5O2S. The Labute approximate surface area is 117 Å². The van der Waals surface area contributed by atoms with Crippen LogP contribution < -0.4 is 0 Å². The predicted molar refractivity (Wildman–Crippen MR) is 64.1 cm³/mol. The molecule has 1 unspecified atom stereocenters. The summed E-state index contributed by atoms with van der Waals surface area (Å²) < 4.78 is 65.7. The van der Waals surface area contributed by atoms with Crippen molar-refractivity contribution in [1.82, 2.24) is 0 Å². The highest BCUT2D eigenvalue weighted by Gasteiger charge is 2.29. The van der Waals surface area contributed by atoms with Crippen molar-refractivity contribution in [1.29, 1.82) is 0 Å². The lowest BCUT2D eigenvalue weighted by atomic mass is 9.94. The number of hydrogen-bond acceptors (Lipinski definition) is 2. The molecule has 0 aliphatic rings. The molecule has 0 heterocycles. The Hall–Kier alpha value is -1.31. The van der Waals surface area contributed by atoms with Gasteiger partial charge in [-0.2, -0.15) is 12.6 Å². The summed E-state index contributed by atoms with van der Waals surface area (Å²) in [6.07, 6.45) is -0.400. The van der Waals surface area contributed by atoms with Gasteiger partial charge in [0.2, 0.25) is 5.82 Å². The van der Waals surface area contributed by atoms with Crippen molar-refractivity contribution < 1.29 is 31.9 Å². The lowest BCUT2D eigenvalue weighted by molar-refractivity contribution is -0.141. The highest BCUT2D eigenvalue weighted by molar-refractivity contribution is 7.80. The van der Waals surface area contributed by atoms with E-state index in [2.05, 4.69) is 12.6 Å². The molecule has 0 aliphatic heterocycles. The van der Waals surface area contributed by atoms with Crippen LogP contribution in [-0.2, 0) is 11.2 Å². The number of rotatable bonds is 6. The molecule has 0 aliphatic carbocycles. The van der Waals surface area contributed by atoms with Crippen LogP contribution in [0.25, 0.3) is 0 Å². The van der Waals surface area contributed by atoms with Gasteiger partial charge in [0.15, 0.2) is 23.3 Å². The zero-order chi connectivity index (χ0) is 15.4. The molecule has 1 N–H and O–H groups in total. The summed E-state index contributed by atoms with van der Waals surface area (Å²) in [6.45, 7) is 0. The maximum absolute atomic E-state index is 13.4. The van der Waals surface area contributed by atoms with Gasteiger partial charge in [-0.15, -0.1) is 0 Å². The minimum Gasteiger partial charge on any atom is -0.481 e. The molecular weight excluding hydrogens is 303 g/mol. The van der Waals surface area contributed by atoms with E-state index >= 15 is 0 Å². The molecule has 8 heteroatoms. The average molecular weight is 314 g/mol. The first-order valence-electron chi connectivity index (χ1n) is 5.65. The van der Waals surface area contributed by atoms with Gasteiger partial charge in [0.1, 0.15) is 0 Å². The van der Waals surface area contributed by atoms with Gasteiger partial charge in [0, 0.05) is 5.56 Å². The van der Waals surface area contributed by atoms with Crippen LogP contribution in [0.3, 0.4) is 0 Å². The third-order valence-corrected chi connectivity index (χ3v) is 3.13. The van der Waals surface area contributed by atoms with E-state index < -0.39 is 53.0 Å². The zero-order valence-corrected chi connectivity index (χ0v) is 11.0. The van der Waals surface area contributed by atoms with Gasteiger partial charge in [-0.1, -0.05) is 0 Å². The first-order chi connectivity index (χ1) is 9.31. The fraction of sp³-hybridized carbons (Fsp3) is 0.417. The molecule has 1 atom stereocenters. The Morgan fingerprint density at radius 2 is 1.45 bits per heavy atom. The number of hydrogen-bond donors (Lipinski definition) is 2. The Balaban J connectivity index is 3.16. The third-order valence-electron chi connectivity index (χ3n) is 2.81. The van der Waals surface area contributed by atoms with Gasteiger partial charge in [-0.25, -0.2) is 22.0 Å². The first kappa shape index (κ1) is 16.7. The molecule has 0 saturated carbocycles. The number of carbonyl (C=O) groups is 1. The van der Waals surface area contributed by atoms with E-state index in [9.17, 15) is 26.7 Å². The summed E-state index contributed by atoms with van der Waals surface area (Å²) in [6, 6.07) is 0. The molecule has 112 valence electrons. The fourth-order valence-corrected chi connectivity index (χ4v) is 1.91. The summed E-state index contributed by atoms with van der Waals surface area (Å²) in [7, 11) is 0. The van der Waals surface area contributed by atoms with Crippen LogP contribution >= 0.6 is 12.6 Å². The number of thiol groups is 1. The Bertz CT molecular complexity index is 492. The molecule has 0 aromatic heterocycles. The van der Waals surface area contributed by atoms with Crippen molar-refractivity contribution >= 4 is 18.6 Å². The van der Waals surface area contributed by atoms with Gasteiger partial charge in [-0.3, -0.25) is 4.79 Å². The predicted octanol–water partition coefficient (Wildman–Crippen LogP) is 3.34. The quantitative estimate of drug-likeness (QED) is 0.366. The van der Waals surface area contributed by atoms with Crippen LogP contribution in [0.2, 0.25) is 0 Å². The monoisotopic (exact) mass is 314 g/mol. The van der Waals surface area contributed by atoms with E-state index in [0.717, 1.165) is 0 Å².